The molecule has 0 atom stereocenters. The monoisotopic (exact) mass is 1460 g/mol. The van der Waals surface area contributed by atoms with Crippen molar-refractivity contribution in [2.45, 2.75) is 0 Å². The van der Waals surface area contributed by atoms with Gasteiger partial charge in [-0.3, -0.25) is 14.4 Å². The molecule has 2 aromatic carbocycles. The van der Waals surface area contributed by atoms with Crippen LogP contribution in [-0.2, 0) is 9.47 Å². The lowest BCUT2D eigenvalue weighted by molar-refractivity contribution is 0.0593. The number of hydrogen-bond acceptors (Lipinski definition) is 22. The van der Waals surface area contributed by atoms with Gasteiger partial charge in [-0.25, -0.2) is 19.4 Å². The molecule has 0 aliphatic heterocycles. The highest BCUT2D eigenvalue weighted by Crippen LogP contribution is 2.40. The summed E-state index contributed by atoms with van der Waals surface area (Å²) in [5, 5.41) is 37.4. The van der Waals surface area contributed by atoms with Gasteiger partial charge in [-0.05, 0) is 59.2 Å². The van der Waals surface area contributed by atoms with Crippen LogP contribution in [0.1, 0.15) is 69.2 Å². The summed E-state index contributed by atoms with van der Waals surface area (Å²) in [7, 11) is 18.8. The van der Waals surface area contributed by atoms with Gasteiger partial charge in [-0.15, -0.1) is 68.0 Å². The third kappa shape index (κ3) is 19.9. The molecule has 3 amide bonds. The van der Waals surface area contributed by atoms with Crippen molar-refractivity contribution in [1.82, 2.24) is 14.7 Å². The van der Waals surface area contributed by atoms with E-state index in [1.807, 2.05) is 71.4 Å². The third-order valence-corrected chi connectivity index (χ3v) is 18.5. The standard InChI is InChI=1S/C21H20N2O2S.C8H10BrNO2S.C7H7BrO3S.C7H10N2O2S.C6H5BrO3S.C6H6O3S/c1-23(2)21(24)20-19(25-3)17(14-26-20)22-18(15-10-6-4-7-11-15)16-12-8-5-9-13-16;1-10(2)8(11)7-6(12-3)5(9)4-13-7;1-10-5-4(8)3-12-6(5)7(9)11-2;1-9(2)7(11)6-5(10)4(8)3-12-6;1-10-6(9)5-4(8)3(7)2-11-5;1-9-4-2-3-10-5(4)6(7)8/h4-14H,1-3H3;4H,1-3H3;3H,1-2H3;3,10H,8H2,1-2H3;2,8H,1H3;2-3H,1H3,(H,7,8). The molecule has 0 unspecified atom stereocenters. The van der Waals surface area contributed by atoms with Crippen LogP contribution < -0.4 is 24.7 Å². The first-order valence-electron chi connectivity index (χ1n) is 23.5. The molecule has 0 radical (unpaired) electrons. The van der Waals surface area contributed by atoms with E-state index < -0.39 is 11.9 Å². The second-order valence-electron chi connectivity index (χ2n) is 16.4. The number of thiophene rings is 6. The topological polar surface area (TPSA) is 267 Å². The number of esters is 2. The predicted molar refractivity (Wildman–Crippen MR) is 345 cm³/mol. The number of carbonyl (C=O) groups is 6. The number of amides is 3. The minimum atomic E-state index is -0.938. The number of rotatable bonds is 13. The van der Waals surface area contributed by atoms with E-state index in [2.05, 4.69) is 57.3 Å². The number of halogens is 3. The number of carbonyl (C=O) groups excluding carboxylic acids is 5. The molecule has 0 saturated heterocycles. The molecule has 0 aliphatic carbocycles. The average Bonchev–Trinajstić information content (AvgIpc) is 4.39. The van der Waals surface area contributed by atoms with Crippen LogP contribution in [0.2, 0.25) is 0 Å². The maximum absolute atomic E-state index is 12.4. The lowest BCUT2D eigenvalue weighted by Crippen LogP contribution is -2.21. The first-order valence-corrected chi connectivity index (χ1v) is 31.2. The number of hydrogen-bond donors (Lipinski definition) is 4. The van der Waals surface area contributed by atoms with Crippen molar-refractivity contribution in [1.29, 1.82) is 0 Å². The highest BCUT2D eigenvalue weighted by molar-refractivity contribution is 9.11. The number of carboxylic acids is 1. The van der Waals surface area contributed by atoms with E-state index in [0.717, 1.165) is 59.8 Å². The number of anilines is 1. The molecule has 0 saturated carbocycles. The molecular weight excluding hydrogens is 1400 g/mol. The van der Waals surface area contributed by atoms with Gasteiger partial charge in [0.25, 0.3) is 17.7 Å². The smallest absolute Gasteiger partial charge is 0.351 e. The molecule has 0 fully saturated rings. The number of methoxy groups -OCH3 is 6. The number of nitrogen functional groups attached to an aromatic ring is 1. The van der Waals surface area contributed by atoms with Gasteiger partial charge >= 0.3 is 17.9 Å². The SMILES string of the molecule is CN(C)C(=O)c1scc(N)c1O.COC(=O)c1scc(Br)c1O.COC(=O)c1scc(Br)c1OC.COc1c(Br)csc1C(=O)N(C)C.COc1c(N=C(c2ccccc2)c2ccccc2)csc1C(=O)N(C)C.COc1ccsc1C(=O)O. The maximum Gasteiger partial charge on any atom is 0.351 e. The summed E-state index contributed by atoms with van der Waals surface area (Å²) in [6.07, 6.45) is 0. The van der Waals surface area contributed by atoms with Gasteiger partial charge in [0, 0.05) is 80.3 Å². The zero-order chi connectivity index (χ0) is 63.0. The summed E-state index contributed by atoms with van der Waals surface area (Å²) in [6, 6.07) is 21.6. The Kier molecular flexibility index (Phi) is 30.2. The number of aliphatic imine (C=N–C) groups is 1. The lowest BCUT2D eigenvalue weighted by atomic mass is 10.0. The van der Waals surface area contributed by atoms with Crippen LogP contribution >= 0.6 is 116 Å². The van der Waals surface area contributed by atoms with Crippen LogP contribution in [0.15, 0.2) is 117 Å². The Morgan fingerprint density at radius 1 is 0.476 bits per heavy atom. The summed E-state index contributed by atoms with van der Waals surface area (Å²) >= 11 is 17.1. The van der Waals surface area contributed by atoms with Gasteiger partial charge in [0.1, 0.15) is 26.1 Å². The molecule has 8 rings (SSSR count). The van der Waals surface area contributed by atoms with Gasteiger partial charge in [-0.1, -0.05) is 60.7 Å². The molecule has 6 aromatic heterocycles. The minimum Gasteiger partial charge on any atom is -0.505 e. The molecule has 0 spiro atoms. The second kappa shape index (κ2) is 35.5. The van der Waals surface area contributed by atoms with Gasteiger partial charge in [-0.2, -0.15) is 0 Å². The van der Waals surface area contributed by atoms with Crippen LogP contribution in [-0.4, -0.2) is 156 Å². The molecule has 84 heavy (non-hydrogen) atoms. The van der Waals surface area contributed by atoms with Crippen LogP contribution in [0, 0.1) is 0 Å². The van der Waals surface area contributed by atoms with Crippen LogP contribution in [0.5, 0.6) is 34.5 Å². The summed E-state index contributed by atoms with van der Waals surface area (Å²) in [5.41, 5.74) is 9.13. The van der Waals surface area contributed by atoms with Gasteiger partial charge in [0.15, 0.2) is 43.4 Å². The largest absolute Gasteiger partial charge is 0.505 e. The second-order valence-corrected chi connectivity index (χ2v) is 24.3. The van der Waals surface area contributed by atoms with E-state index in [0.29, 0.717) is 47.8 Å². The quantitative estimate of drug-likeness (QED) is 0.0617. The molecular formula is C55H58Br3N5O15S6. The Labute approximate surface area is 534 Å². The van der Waals surface area contributed by atoms with Crippen molar-refractivity contribution in [2.75, 3.05) is 90.7 Å². The Morgan fingerprint density at radius 2 is 0.881 bits per heavy atom. The summed E-state index contributed by atoms with van der Waals surface area (Å²) in [4.78, 5) is 79.3. The average molecular weight is 1460 g/mol. The zero-order valence-corrected chi connectivity index (χ0v) is 56.7. The fraction of sp³-hybridized carbons (Fsp3) is 0.218. The molecule has 450 valence electrons. The third-order valence-electron chi connectivity index (χ3n) is 10.2. The van der Waals surface area contributed by atoms with E-state index in [-0.39, 0.29) is 55.5 Å². The number of aromatic carboxylic acids is 1. The van der Waals surface area contributed by atoms with Crippen molar-refractivity contribution < 1.29 is 72.5 Å². The normalized spacial score (nSPS) is 9.85. The van der Waals surface area contributed by atoms with Crippen LogP contribution in [0.3, 0.4) is 0 Å². The molecule has 5 N–H and O–H groups in total. The molecule has 0 bridgehead atoms. The summed E-state index contributed by atoms with van der Waals surface area (Å²) in [6.45, 7) is 0. The number of benzene rings is 2. The number of nitrogens with zero attached hydrogens (tertiary/aromatic N) is 4. The predicted octanol–water partition coefficient (Wildman–Crippen LogP) is 13.3. The van der Waals surface area contributed by atoms with Gasteiger partial charge < -0.3 is 64.2 Å². The van der Waals surface area contributed by atoms with Crippen LogP contribution in [0.25, 0.3) is 0 Å². The van der Waals surface area contributed by atoms with Crippen molar-refractivity contribution >= 4 is 169 Å². The number of carboxylic acid groups (broad SMARTS) is 1. The number of ether oxygens (including phenoxy) is 6. The molecule has 29 heteroatoms. The molecule has 8 aromatic rings. The first kappa shape index (κ1) is 71.4. The van der Waals surface area contributed by atoms with Crippen molar-refractivity contribution in [2.24, 2.45) is 4.99 Å². The highest BCUT2D eigenvalue weighted by atomic mass is 79.9. The molecule has 6 heterocycles. The first-order chi connectivity index (χ1) is 39.8. The van der Waals surface area contributed by atoms with E-state index in [9.17, 15) is 39.0 Å². The van der Waals surface area contributed by atoms with Crippen molar-refractivity contribution in [3.05, 3.63) is 153 Å². The van der Waals surface area contributed by atoms with Crippen LogP contribution in [0.4, 0.5) is 11.4 Å². The van der Waals surface area contributed by atoms with E-state index in [1.165, 1.54) is 77.1 Å². The van der Waals surface area contributed by atoms with Gasteiger partial charge in [0.05, 0.1) is 67.5 Å². The Bertz CT molecular complexity index is 3440. The highest BCUT2D eigenvalue weighted by Gasteiger charge is 2.23. The van der Waals surface area contributed by atoms with E-state index in [4.69, 9.17) is 34.8 Å². The Morgan fingerprint density at radius 3 is 1.27 bits per heavy atom. The zero-order valence-electron chi connectivity index (χ0n) is 47.0. The molecule has 20 nitrogen and oxygen atoms in total. The fourth-order valence-corrected chi connectivity index (χ4v) is 13.2. The lowest BCUT2D eigenvalue weighted by Gasteiger charge is -2.11. The van der Waals surface area contributed by atoms with Crippen molar-refractivity contribution in [3.8, 4) is 34.5 Å². The van der Waals surface area contributed by atoms with Gasteiger partial charge in [0.2, 0.25) is 0 Å². The van der Waals surface area contributed by atoms with E-state index in [1.54, 1.807) is 84.1 Å². The number of nitrogens with two attached hydrogens (primary N) is 1. The van der Waals surface area contributed by atoms with Crippen molar-refractivity contribution in [3.63, 3.8) is 0 Å². The summed E-state index contributed by atoms with van der Waals surface area (Å²) < 4.78 is 31.5. The fourth-order valence-electron chi connectivity index (χ4n) is 6.09. The number of aromatic hydroxyl groups is 2. The summed E-state index contributed by atoms with van der Waals surface area (Å²) in [5.74, 6) is -0.254. The minimum absolute atomic E-state index is 0.0347. The molecule has 0 aliphatic rings. The van der Waals surface area contributed by atoms with E-state index >= 15 is 0 Å². The maximum atomic E-state index is 12.4. The Hall–Kier alpha value is -6.83. The Balaban J connectivity index is 0.000000276.